The van der Waals surface area contributed by atoms with E-state index < -0.39 is 17.7 Å². The minimum Gasteiger partial charge on any atom is -0.507 e. The summed E-state index contributed by atoms with van der Waals surface area (Å²) in [6, 6.07) is 17.3. The van der Waals surface area contributed by atoms with Gasteiger partial charge in [-0.15, -0.1) is 0 Å². The van der Waals surface area contributed by atoms with Crippen LogP contribution in [0.4, 0.5) is 11.6 Å². The maximum absolute atomic E-state index is 13.7. The Morgan fingerprint density at radius 3 is 2.38 bits per heavy atom. The third-order valence-corrected chi connectivity index (χ3v) is 7.44. The number of methoxy groups -OCH3 is 1. The van der Waals surface area contributed by atoms with Gasteiger partial charge in [-0.25, -0.2) is 4.98 Å². The highest BCUT2D eigenvalue weighted by atomic mass is 16.5. The van der Waals surface area contributed by atoms with Gasteiger partial charge in [-0.2, -0.15) is 0 Å². The number of carbonyl (C=O) groups is 2. The maximum Gasteiger partial charge on any atom is 0.302 e. The van der Waals surface area contributed by atoms with Gasteiger partial charge in [0.2, 0.25) is 5.95 Å². The number of aromatic amines is 1. The Hall–Kier alpha value is -4.79. The molecule has 1 aliphatic rings. The second-order valence-electron chi connectivity index (χ2n) is 11.5. The lowest BCUT2D eigenvalue weighted by atomic mass is 9.84. The quantitative estimate of drug-likeness (QED) is 0.161. The van der Waals surface area contributed by atoms with Crippen LogP contribution in [0.25, 0.3) is 16.8 Å². The molecule has 1 aliphatic heterocycles. The summed E-state index contributed by atoms with van der Waals surface area (Å²) in [5, 5.41) is 11.8. The molecule has 1 atom stereocenters. The van der Waals surface area contributed by atoms with Gasteiger partial charge < -0.3 is 24.5 Å². The van der Waals surface area contributed by atoms with Crippen LogP contribution in [-0.4, -0.2) is 54.6 Å². The molecule has 2 N–H and O–H groups in total. The minimum atomic E-state index is -0.923. The summed E-state index contributed by atoms with van der Waals surface area (Å²) in [6.07, 6.45) is 0. The number of carbonyl (C=O) groups excluding carboxylic acids is 2. The highest BCUT2D eigenvalue weighted by Crippen LogP contribution is 2.43. The number of aromatic nitrogens is 2. The molecule has 42 heavy (non-hydrogen) atoms. The van der Waals surface area contributed by atoms with Gasteiger partial charge in [-0.3, -0.25) is 14.5 Å². The average molecular weight is 569 g/mol. The molecule has 1 aromatic heterocycles. The highest BCUT2D eigenvalue weighted by molar-refractivity contribution is 6.51. The molecule has 1 fully saturated rings. The monoisotopic (exact) mass is 568 g/mol. The van der Waals surface area contributed by atoms with Gasteiger partial charge in [-0.05, 0) is 60.4 Å². The number of fused-ring (bicyclic) bond motifs is 1. The molecule has 0 aliphatic carbocycles. The van der Waals surface area contributed by atoms with Gasteiger partial charge >= 0.3 is 5.91 Å². The van der Waals surface area contributed by atoms with Crippen LogP contribution in [0.3, 0.4) is 0 Å². The normalized spacial score (nSPS) is 16.7. The van der Waals surface area contributed by atoms with Gasteiger partial charge in [0, 0.05) is 37.0 Å². The van der Waals surface area contributed by atoms with Gasteiger partial charge in [0.1, 0.15) is 17.3 Å². The first-order chi connectivity index (χ1) is 19.9. The lowest BCUT2D eigenvalue weighted by molar-refractivity contribution is -0.132. The van der Waals surface area contributed by atoms with E-state index in [0.29, 0.717) is 40.3 Å². The van der Waals surface area contributed by atoms with Crippen molar-refractivity contribution >= 4 is 40.1 Å². The number of ketones is 1. The maximum atomic E-state index is 13.7. The lowest BCUT2D eigenvalue weighted by Gasteiger charge is -2.25. The number of anilines is 2. The number of nitrogens with zero attached hydrogens (tertiary/aromatic N) is 3. The van der Waals surface area contributed by atoms with Crippen molar-refractivity contribution in [3.05, 3.63) is 82.9 Å². The van der Waals surface area contributed by atoms with E-state index in [0.717, 1.165) is 11.3 Å². The number of benzene rings is 3. The molecule has 4 aromatic rings. The zero-order valence-electron chi connectivity index (χ0n) is 25.0. The Labute approximate surface area is 245 Å². The van der Waals surface area contributed by atoms with E-state index >= 15 is 0 Å². The summed E-state index contributed by atoms with van der Waals surface area (Å²) in [7, 11) is 5.44. The molecule has 3 aromatic carbocycles. The largest absolute Gasteiger partial charge is 0.507 e. The van der Waals surface area contributed by atoms with Crippen molar-refractivity contribution in [2.45, 2.75) is 39.2 Å². The average Bonchev–Trinajstić information content (AvgIpc) is 3.49. The molecule has 2 heterocycles. The summed E-state index contributed by atoms with van der Waals surface area (Å²) >= 11 is 0. The van der Waals surface area contributed by atoms with Crippen LogP contribution >= 0.6 is 0 Å². The molecule has 5 rings (SSSR count). The Morgan fingerprint density at radius 1 is 1.05 bits per heavy atom. The van der Waals surface area contributed by atoms with Crippen LogP contribution in [0.1, 0.15) is 50.4 Å². The van der Waals surface area contributed by atoms with Crippen molar-refractivity contribution in [2.24, 2.45) is 0 Å². The van der Waals surface area contributed by atoms with Crippen LogP contribution in [0.15, 0.2) is 66.2 Å². The van der Waals surface area contributed by atoms with E-state index in [1.54, 1.807) is 37.4 Å². The fraction of sp³-hybridized carbons (Fsp3) is 0.303. The highest BCUT2D eigenvalue weighted by Gasteiger charge is 2.48. The Bertz CT molecular complexity index is 1700. The van der Waals surface area contributed by atoms with Crippen LogP contribution < -0.4 is 19.3 Å². The summed E-state index contributed by atoms with van der Waals surface area (Å²) in [5.41, 5.74) is 3.84. The Balaban J connectivity index is 1.71. The lowest BCUT2D eigenvalue weighted by Crippen LogP contribution is -2.30. The molecule has 1 amide bonds. The van der Waals surface area contributed by atoms with Crippen molar-refractivity contribution in [3.8, 4) is 11.5 Å². The van der Waals surface area contributed by atoms with E-state index in [4.69, 9.17) is 9.47 Å². The number of Topliss-reactive ketones (excluding diaryl/α,β-unsaturated/α-hetero) is 1. The predicted octanol–water partition coefficient (Wildman–Crippen LogP) is 5.96. The molecule has 9 nitrogen and oxygen atoms in total. The van der Waals surface area contributed by atoms with Crippen LogP contribution in [0, 0.1) is 0 Å². The number of amides is 1. The summed E-state index contributed by atoms with van der Waals surface area (Å²) < 4.78 is 11.2. The second kappa shape index (κ2) is 10.9. The third-order valence-electron chi connectivity index (χ3n) is 7.44. The molecule has 0 bridgehead atoms. The van der Waals surface area contributed by atoms with Gasteiger partial charge in [0.15, 0.2) is 0 Å². The van der Waals surface area contributed by atoms with E-state index in [-0.39, 0.29) is 22.7 Å². The molecule has 0 saturated carbocycles. The van der Waals surface area contributed by atoms with Gasteiger partial charge in [0.25, 0.3) is 5.78 Å². The van der Waals surface area contributed by atoms with Crippen molar-refractivity contribution in [1.29, 1.82) is 0 Å². The molecule has 9 heteroatoms. The number of hydrogen-bond donors (Lipinski definition) is 2. The first kappa shape index (κ1) is 28.7. The SMILES string of the molecule is CCOc1ccc(/C(O)=C2\C(=O)C(=O)N(c3nc4ccc(OC)cc4[nH]3)C2c2ccc(N(C)C)cc2)cc1C(C)(C)C. The first-order valence-corrected chi connectivity index (χ1v) is 13.8. The van der Waals surface area contributed by atoms with E-state index in [1.165, 1.54) is 4.90 Å². The minimum absolute atomic E-state index is 0.0142. The van der Waals surface area contributed by atoms with Crippen molar-refractivity contribution < 1.29 is 24.2 Å². The zero-order chi connectivity index (χ0) is 30.3. The first-order valence-electron chi connectivity index (χ1n) is 13.8. The number of ether oxygens (including phenoxy) is 2. The van der Waals surface area contributed by atoms with Crippen LogP contribution in [-0.2, 0) is 15.0 Å². The molecule has 218 valence electrons. The summed E-state index contributed by atoms with van der Waals surface area (Å²) in [5.74, 6) is -0.312. The molecular weight excluding hydrogens is 532 g/mol. The molecule has 1 saturated heterocycles. The Kier molecular flexibility index (Phi) is 7.45. The van der Waals surface area contributed by atoms with Crippen LogP contribution in [0.2, 0.25) is 0 Å². The third kappa shape index (κ3) is 5.06. The molecular formula is C33H36N4O5. The van der Waals surface area contributed by atoms with Gasteiger partial charge in [0.05, 0.1) is 36.4 Å². The van der Waals surface area contributed by atoms with Crippen molar-refractivity contribution in [3.63, 3.8) is 0 Å². The van der Waals surface area contributed by atoms with E-state index in [2.05, 4.69) is 30.7 Å². The van der Waals surface area contributed by atoms with E-state index in [9.17, 15) is 14.7 Å². The van der Waals surface area contributed by atoms with Crippen LogP contribution in [0.5, 0.6) is 11.5 Å². The predicted molar refractivity (Wildman–Crippen MR) is 165 cm³/mol. The number of aliphatic hydroxyl groups is 1. The smallest absolute Gasteiger partial charge is 0.302 e. The molecule has 1 unspecified atom stereocenters. The molecule has 0 spiro atoms. The second-order valence-corrected chi connectivity index (χ2v) is 11.5. The number of rotatable bonds is 7. The fourth-order valence-corrected chi connectivity index (χ4v) is 5.24. The number of aliphatic hydroxyl groups excluding tert-OH is 1. The summed E-state index contributed by atoms with van der Waals surface area (Å²) in [6.45, 7) is 8.56. The van der Waals surface area contributed by atoms with Crippen molar-refractivity contribution in [1.82, 2.24) is 9.97 Å². The topological polar surface area (TPSA) is 108 Å². The Morgan fingerprint density at radius 2 is 1.76 bits per heavy atom. The van der Waals surface area contributed by atoms with Crippen molar-refractivity contribution in [2.75, 3.05) is 37.6 Å². The number of hydrogen-bond acceptors (Lipinski definition) is 7. The van der Waals surface area contributed by atoms with Gasteiger partial charge in [-0.1, -0.05) is 32.9 Å². The zero-order valence-corrected chi connectivity index (χ0v) is 25.0. The fourth-order valence-electron chi connectivity index (χ4n) is 5.24. The number of imidazole rings is 1. The number of nitrogens with one attached hydrogen (secondary N) is 1. The molecule has 0 radical (unpaired) electrons. The standard InChI is InChI=1S/C33H36N4O5/c1-8-42-26-16-11-20(17-23(26)33(2,3)4)29(38)27-28(19-9-12-21(13-10-19)36(5)6)37(31(40)30(27)39)32-34-24-15-14-22(41-7)18-25(24)35-32/h9-18,28,38H,8H2,1-7H3,(H,34,35)/b29-27+. The summed E-state index contributed by atoms with van der Waals surface area (Å²) in [4.78, 5) is 38.5. The number of H-pyrrole nitrogens is 1. The van der Waals surface area contributed by atoms with E-state index in [1.807, 2.05) is 56.3 Å².